The summed E-state index contributed by atoms with van der Waals surface area (Å²) in [6, 6.07) is 7.96. The third-order valence-electron chi connectivity index (χ3n) is 3.71. The summed E-state index contributed by atoms with van der Waals surface area (Å²) in [6.07, 6.45) is 1.86. The Morgan fingerprint density at radius 1 is 1.29 bits per heavy atom. The number of rotatable bonds is 4. The minimum atomic E-state index is 0.130. The molecule has 1 aliphatic rings. The van der Waals surface area contributed by atoms with Crippen LogP contribution in [0.4, 0.5) is 5.13 Å². The van der Waals surface area contributed by atoms with Crippen molar-refractivity contribution in [3.8, 4) is 0 Å². The summed E-state index contributed by atoms with van der Waals surface area (Å²) >= 11 is 1.70. The molecule has 5 nitrogen and oxygen atoms in total. The monoisotopic (exact) mass is 301 g/mol. The minimum absolute atomic E-state index is 0.130. The summed E-state index contributed by atoms with van der Waals surface area (Å²) in [7, 11) is 0. The van der Waals surface area contributed by atoms with Crippen LogP contribution >= 0.6 is 11.3 Å². The molecule has 0 unspecified atom stereocenters. The molecule has 1 fully saturated rings. The molecule has 21 heavy (non-hydrogen) atoms. The lowest BCUT2D eigenvalue weighted by Gasteiger charge is -2.34. The topological polar surface area (TPSA) is 69.2 Å². The van der Waals surface area contributed by atoms with Gasteiger partial charge in [0.1, 0.15) is 5.84 Å². The summed E-state index contributed by atoms with van der Waals surface area (Å²) in [6.45, 7) is 5.00. The molecule has 0 saturated carbocycles. The molecule has 0 amide bonds. The summed E-state index contributed by atoms with van der Waals surface area (Å²) in [5, 5.41) is 10.7. The molecule has 0 spiro atoms. The van der Waals surface area contributed by atoms with Gasteiger partial charge < -0.3 is 10.6 Å². The predicted octanol–water partition coefficient (Wildman–Crippen LogP) is 1.75. The molecule has 1 aliphatic heterocycles. The van der Waals surface area contributed by atoms with Gasteiger partial charge in [-0.2, -0.15) is 0 Å². The third kappa shape index (κ3) is 3.40. The van der Waals surface area contributed by atoms with Gasteiger partial charge in [-0.05, 0) is 11.6 Å². The van der Waals surface area contributed by atoms with Crippen molar-refractivity contribution >= 4 is 22.3 Å². The zero-order valence-corrected chi connectivity index (χ0v) is 12.6. The normalized spacial score (nSPS) is 16.1. The average molecular weight is 301 g/mol. The smallest absolute Gasteiger partial charge is 0.185 e. The molecule has 0 radical (unpaired) electrons. The number of piperazine rings is 1. The minimum Gasteiger partial charge on any atom is -0.384 e. The largest absolute Gasteiger partial charge is 0.384 e. The van der Waals surface area contributed by atoms with E-state index >= 15 is 0 Å². The fourth-order valence-corrected chi connectivity index (χ4v) is 3.26. The van der Waals surface area contributed by atoms with Crippen molar-refractivity contribution < 1.29 is 0 Å². The first-order valence-corrected chi connectivity index (χ1v) is 7.90. The summed E-state index contributed by atoms with van der Waals surface area (Å²) in [5.41, 5.74) is 7.56. The van der Waals surface area contributed by atoms with Crippen LogP contribution in [-0.4, -0.2) is 41.9 Å². The molecule has 1 aromatic heterocycles. The Hall–Kier alpha value is -1.92. The van der Waals surface area contributed by atoms with Gasteiger partial charge >= 0.3 is 0 Å². The van der Waals surface area contributed by atoms with Gasteiger partial charge in [0.2, 0.25) is 0 Å². The van der Waals surface area contributed by atoms with Gasteiger partial charge in [-0.3, -0.25) is 10.3 Å². The van der Waals surface area contributed by atoms with Gasteiger partial charge in [-0.15, -0.1) is 11.3 Å². The van der Waals surface area contributed by atoms with Crippen molar-refractivity contribution in [2.24, 2.45) is 5.73 Å². The van der Waals surface area contributed by atoms with E-state index in [1.165, 1.54) is 5.56 Å². The Balaban J connectivity index is 1.58. The fraction of sp³-hybridized carbons (Fsp3) is 0.333. The number of nitrogens with one attached hydrogen (secondary N) is 1. The van der Waals surface area contributed by atoms with E-state index < -0.39 is 0 Å². The quantitative estimate of drug-likeness (QED) is 0.667. The van der Waals surface area contributed by atoms with Crippen molar-refractivity contribution in [2.45, 2.75) is 6.54 Å². The second-order valence-electron chi connectivity index (χ2n) is 5.19. The molecule has 1 aromatic carbocycles. The zero-order chi connectivity index (χ0) is 14.7. The predicted molar refractivity (Wildman–Crippen MR) is 87.1 cm³/mol. The Bertz CT molecular complexity index is 602. The van der Waals surface area contributed by atoms with Crippen LogP contribution in [0.3, 0.4) is 0 Å². The molecule has 2 heterocycles. The summed E-state index contributed by atoms with van der Waals surface area (Å²) < 4.78 is 0. The molecule has 3 N–H and O–H groups in total. The first kappa shape index (κ1) is 14.0. The van der Waals surface area contributed by atoms with Crippen molar-refractivity contribution in [3.05, 3.63) is 47.0 Å². The number of thiazole rings is 1. The van der Waals surface area contributed by atoms with Gasteiger partial charge in [0.25, 0.3) is 0 Å². The van der Waals surface area contributed by atoms with Crippen LogP contribution in [0, 0.1) is 5.41 Å². The van der Waals surface area contributed by atoms with Crippen LogP contribution in [0.2, 0.25) is 0 Å². The van der Waals surface area contributed by atoms with Gasteiger partial charge in [-0.25, -0.2) is 4.98 Å². The van der Waals surface area contributed by atoms with Crippen LogP contribution < -0.4 is 10.6 Å². The maximum absolute atomic E-state index is 7.51. The second kappa shape index (κ2) is 6.24. The molecule has 110 valence electrons. The highest BCUT2D eigenvalue weighted by Crippen LogP contribution is 2.19. The number of aromatic nitrogens is 1. The maximum Gasteiger partial charge on any atom is 0.185 e. The summed E-state index contributed by atoms with van der Waals surface area (Å²) in [4.78, 5) is 9.14. The number of hydrogen-bond acceptors (Lipinski definition) is 5. The lowest BCUT2D eigenvalue weighted by atomic mass is 10.1. The molecular formula is C15H19N5S. The number of amidine groups is 1. The van der Waals surface area contributed by atoms with Crippen LogP contribution in [-0.2, 0) is 6.54 Å². The Labute approximate surface area is 128 Å². The van der Waals surface area contributed by atoms with Crippen LogP contribution in [0.15, 0.2) is 35.8 Å². The van der Waals surface area contributed by atoms with E-state index in [1.54, 1.807) is 11.3 Å². The fourth-order valence-electron chi connectivity index (χ4n) is 2.56. The van der Waals surface area contributed by atoms with Crippen LogP contribution in [0.5, 0.6) is 0 Å². The average Bonchev–Trinajstić information content (AvgIpc) is 3.02. The van der Waals surface area contributed by atoms with E-state index in [2.05, 4.69) is 20.9 Å². The maximum atomic E-state index is 7.51. The molecule has 0 aliphatic carbocycles. The molecular weight excluding hydrogens is 282 g/mol. The molecule has 1 saturated heterocycles. The lowest BCUT2D eigenvalue weighted by Crippen LogP contribution is -2.45. The Morgan fingerprint density at radius 2 is 2.10 bits per heavy atom. The van der Waals surface area contributed by atoms with Crippen LogP contribution in [0.1, 0.15) is 11.1 Å². The number of benzene rings is 1. The highest BCUT2D eigenvalue weighted by atomic mass is 32.1. The van der Waals surface area contributed by atoms with Gasteiger partial charge in [0.15, 0.2) is 5.13 Å². The third-order valence-corrected chi connectivity index (χ3v) is 4.54. The standard InChI is InChI=1S/C15H19N5S/c16-14(17)13-3-1-2-12(10-13)11-19-5-7-20(8-6-19)15-18-4-9-21-15/h1-4,9-10H,5-8,11H2,(H3,16,17). The Morgan fingerprint density at radius 3 is 2.76 bits per heavy atom. The van der Waals surface area contributed by atoms with Crippen molar-refractivity contribution in [1.82, 2.24) is 9.88 Å². The number of nitrogens with two attached hydrogens (primary N) is 1. The first-order valence-electron chi connectivity index (χ1n) is 7.02. The molecule has 0 atom stereocenters. The zero-order valence-electron chi connectivity index (χ0n) is 11.8. The van der Waals surface area contributed by atoms with Crippen molar-refractivity contribution in [3.63, 3.8) is 0 Å². The van der Waals surface area contributed by atoms with Crippen molar-refractivity contribution in [2.75, 3.05) is 31.1 Å². The number of hydrogen-bond donors (Lipinski definition) is 2. The van der Waals surface area contributed by atoms with Gasteiger partial charge in [0.05, 0.1) is 0 Å². The number of anilines is 1. The van der Waals surface area contributed by atoms with E-state index in [0.29, 0.717) is 0 Å². The highest BCUT2D eigenvalue weighted by Gasteiger charge is 2.18. The first-order chi connectivity index (χ1) is 10.2. The number of nitrogens with zero attached hydrogens (tertiary/aromatic N) is 3. The van der Waals surface area contributed by atoms with E-state index in [9.17, 15) is 0 Å². The van der Waals surface area contributed by atoms with E-state index in [0.717, 1.165) is 43.4 Å². The summed E-state index contributed by atoms with van der Waals surface area (Å²) in [5.74, 6) is 0.130. The molecule has 6 heteroatoms. The van der Waals surface area contributed by atoms with Crippen molar-refractivity contribution in [1.29, 1.82) is 5.41 Å². The highest BCUT2D eigenvalue weighted by molar-refractivity contribution is 7.13. The molecule has 2 aromatic rings. The van der Waals surface area contributed by atoms with Gasteiger partial charge in [-0.1, -0.05) is 18.2 Å². The lowest BCUT2D eigenvalue weighted by molar-refractivity contribution is 0.250. The SMILES string of the molecule is N=C(N)c1cccc(CN2CCN(c3nccs3)CC2)c1. The van der Waals surface area contributed by atoms with E-state index in [4.69, 9.17) is 11.1 Å². The van der Waals surface area contributed by atoms with E-state index in [1.807, 2.05) is 29.8 Å². The molecule has 0 bridgehead atoms. The van der Waals surface area contributed by atoms with E-state index in [-0.39, 0.29) is 5.84 Å². The Kier molecular flexibility index (Phi) is 4.17. The van der Waals surface area contributed by atoms with Crippen LogP contribution in [0.25, 0.3) is 0 Å². The van der Waals surface area contributed by atoms with Gasteiger partial charge in [0, 0.05) is 49.9 Å². The number of nitrogen functional groups attached to an aromatic ring is 1. The second-order valence-corrected chi connectivity index (χ2v) is 6.06. The molecule has 3 rings (SSSR count).